The second kappa shape index (κ2) is 6.73. The zero-order chi connectivity index (χ0) is 14.6. The molecular formula is C14H28N2O3S. The Labute approximate surface area is 122 Å². The summed E-state index contributed by atoms with van der Waals surface area (Å²) in [4.78, 5) is 5.22. The molecule has 1 saturated heterocycles. The molecule has 1 aliphatic heterocycles. The van der Waals surface area contributed by atoms with Gasteiger partial charge in [0, 0.05) is 31.9 Å². The largest absolute Gasteiger partial charge is 0.312 e. The molecule has 2 rings (SSSR count). The Balaban J connectivity index is 1.90. The van der Waals surface area contributed by atoms with Crippen LogP contribution in [0.1, 0.15) is 44.9 Å². The highest BCUT2D eigenvalue weighted by molar-refractivity contribution is 7.92. The molecule has 1 aliphatic carbocycles. The molecule has 0 amide bonds. The molecule has 0 aromatic carbocycles. The summed E-state index contributed by atoms with van der Waals surface area (Å²) in [6, 6.07) is 0.418. The van der Waals surface area contributed by atoms with E-state index < -0.39 is 14.6 Å². The van der Waals surface area contributed by atoms with Crippen LogP contribution in [0.2, 0.25) is 0 Å². The molecule has 6 heteroatoms. The first-order valence-corrected chi connectivity index (χ1v) is 9.58. The monoisotopic (exact) mass is 304 g/mol. The van der Waals surface area contributed by atoms with Crippen molar-refractivity contribution in [3.63, 3.8) is 0 Å². The molecule has 5 nitrogen and oxygen atoms in total. The number of piperidine rings is 1. The van der Waals surface area contributed by atoms with Gasteiger partial charge in [0.2, 0.25) is 0 Å². The summed E-state index contributed by atoms with van der Waals surface area (Å²) in [7, 11) is -1.30. The maximum absolute atomic E-state index is 12.2. The van der Waals surface area contributed by atoms with Crippen molar-refractivity contribution in [2.45, 2.75) is 55.7 Å². The van der Waals surface area contributed by atoms with Crippen LogP contribution in [0, 0.1) is 0 Å². The Bertz CT molecular complexity index is 397. The van der Waals surface area contributed by atoms with Crippen LogP contribution in [-0.2, 0) is 14.7 Å². The van der Waals surface area contributed by atoms with Crippen LogP contribution in [0.15, 0.2) is 0 Å². The highest BCUT2D eigenvalue weighted by Crippen LogP contribution is 2.34. The molecular weight excluding hydrogens is 276 g/mol. The van der Waals surface area contributed by atoms with E-state index in [0.717, 1.165) is 51.6 Å². The molecule has 2 fully saturated rings. The van der Waals surface area contributed by atoms with Crippen LogP contribution in [0.3, 0.4) is 0 Å². The zero-order valence-electron chi connectivity index (χ0n) is 12.7. The van der Waals surface area contributed by atoms with Gasteiger partial charge in [-0.1, -0.05) is 19.3 Å². The zero-order valence-corrected chi connectivity index (χ0v) is 13.5. The van der Waals surface area contributed by atoms with Crippen molar-refractivity contribution in [3.8, 4) is 0 Å². The lowest BCUT2D eigenvalue weighted by Crippen LogP contribution is -2.52. The minimum absolute atomic E-state index is 0.418. The molecule has 0 atom stereocenters. The molecule has 20 heavy (non-hydrogen) atoms. The highest BCUT2D eigenvalue weighted by atomic mass is 32.2. The quantitative estimate of drug-likeness (QED) is 0.831. The third-order valence-corrected chi connectivity index (χ3v) is 7.10. The Morgan fingerprint density at radius 1 is 1.20 bits per heavy atom. The van der Waals surface area contributed by atoms with E-state index >= 15 is 0 Å². The van der Waals surface area contributed by atoms with Crippen LogP contribution in [0.5, 0.6) is 0 Å². The van der Waals surface area contributed by atoms with E-state index in [1.165, 1.54) is 12.7 Å². The fourth-order valence-corrected chi connectivity index (χ4v) is 4.82. The summed E-state index contributed by atoms with van der Waals surface area (Å²) in [5.41, 5.74) is 0. The van der Waals surface area contributed by atoms with Gasteiger partial charge in [-0.25, -0.2) is 8.42 Å². The van der Waals surface area contributed by atoms with Crippen molar-refractivity contribution >= 4 is 9.84 Å². The fraction of sp³-hybridized carbons (Fsp3) is 1.00. The Hall–Kier alpha value is -0.170. The molecule has 0 bridgehead atoms. The number of hydroxylamine groups is 2. The molecule has 0 aromatic heterocycles. The van der Waals surface area contributed by atoms with E-state index in [1.807, 2.05) is 5.06 Å². The van der Waals surface area contributed by atoms with E-state index in [9.17, 15) is 8.42 Å². The van der Waals surface area contributed by atoms with Gasteiger partial charge in [-0.3, -0.25) is 0 Å². The van der Waals surface area contributed by atoms with Gasteiger partial charge < -0.3 is 10.2 Å². The molecule has 1 N–H and O–H groups in total. The van der Waals surface area contributed by atoms with Gasteiger partial charge >= 0.3 is 0 Å². The van der Waals surface area contributed by atoms with Crippen molar-refractivity contribution in [1.29, 1.82) is 0 Å². The second-order valence-electron chi connectivity index (χ2n) is 6.28. The van der Waals surface area contributed by atoms with Gasteiger partial charge in [0.1, 0.15) is 0 Å². The van der Waals surface area contributed by atoms with Gasteiger partial charge in [0.05, 0.1) is 11.9 Å². The molecule has 1 heterocycles. The summed E-state index contributed by atoms with van der Waals surface area (Å²) in [6.07, 6.45) is 8.33. The van der Waals surface area contributed by atoms with Gasteiger partial charge in [-0.2, -0.15) is 5.06 Å². The Kier molecular flexibility index (Phi) is 5.45. The van der Waals surface area contributed by atoms with Gasteiger partial charge in [0.15, 0.2) is 9.84 Å². The minimum Gasteiger partial charge on any atom is -0.312 e. The number of hydrogen-bond donors (Lipinski definition) is 1. The molecule has 2 aliphatic rings. The number of sulfone groups is 1. The fourth-order valence-electron chi connectivity index (χ4n) is 3.45. The predicted molar refractivity (Wildman–Crippen MR) is 80.3 cm³/mol. The number of nitrogens with zero attached hydrogens (tertiary/aromatic N) is 1. The molecule has 1 saturated carbocycles. The van der Waals surface area contributed by atoms with Crippen molar-refractivity contribution in [2.75, 3.05) is 33.0 Å². The minimum atomic E-state index is -3.00. The molecule has 118 valence electrons. The van der Waals surface area contributed by atoms with Crippen LogP contribution in [0.4, 0.5) is 0 Å². The highest BCUT2D eigenvalue weighted by Gasteiger charge is 2.41. The van der Waals surface area contributed by atoms with E-state index in [1.54, 1.807) is 7.11 Å². The van der Waals surface area contributed by atoms with Crippen LogP contribution >= 0.6 is 0 Å². The first-order valence-electron chi connectivity index (χ1n) is 7.69. The summed E-state index contributed by atoms with van der Waals surface area (Å²) in [6.45, 7) is 2.45. The Morgan fingerprint density at radius 2 is 1.80 bits per heavy atom. The maximum atomic E-state index is 12.2. The first kappa shape index (κ1) is 16.2. The van der Waals surface area contributed by atoms with E-state index in [-0.39, 0.29) is 0 Å². The average molecular weight is 304 g/mol. The maximum Gasteiger partial charge on any atom is 0.154 e. The van der Waals surface area contributed by atoms with Gasteiger partial charge in [-0.05, 0) is 25.7 Å². The molecule has 0 radical (unpaired) electrons. The van der Waals surface area contributed by atoms with E-state index in [2.05, 4.69) is 5.32 Å². The van der Waals surface area contributed by atoms with E-state index in [4.69, 9.17) is 4.84 Å². The number of nitrogens with one attached hydrogen (secondary N) is 1. The SMILES string of the molecule is CON1CCC(NCC2(S(C)(=O)=O)CCCCC2)CC1. The smallest absolute Gasteiger partial charge is 0.154 e. The van der Waals surface area contributed by atoms with Crippen molar-refractivity contribution in [2.24, 2.45) is 0 Å². The summed E-state index contributed by atoms with van der Waals surface area (Å²) in [5, 5.41) is 5.49. The van der Waals surface area contributed by atoms with Crippen molar-refractivity contribution in [1.82, 2.24) is 10.4 Å². The van der Waals surface area contributed by atoms with Crippen LogP contribution in [0.25, 0.3) is 0 Å². The Morgan fingerprint density at radius 3 is 2.30 bits per heavy atom. The summed E-state index contributed by atoms with van der Waals surface area (Å²) >= 11 is 0. The topological polar surface area (TPSA) is 58.6 Å². The number of rotatable bonds is 5. The van der Waals surface area contributed by atoms with Gasteiger partial charge in [0.25, 0.3) is 0 Å². The predicted octanol–water partition coefficient (Wildman–Crippen LogP) is 1.35. The second-order valence-corrected chi connectivity index (χ2v) is 8.69. The third-order valence-electron chi connectivity index (χ3n) is 4.98. The molecule has 0 aromatic rings. The standard InChI is InChI=1S/C14H28N2O3S/c1-19-16-10-6-13(7-11-16)15-12-14(20(2,17)18)8-4-3-5-9-14/h13,15H,3-12H2,1-2H3. The van der Waals surface area contributed by atoms with Crippen LogP contribution < -0.4 is 5.32 Å². The molecule has 0 spiro atoms. The van der Waals surface area contributed by atoms with E-state index in [0.29, 0.717) is 12.6 Å². The normalized spacial score (nSPS) is 25.7. The average Bonchev–Trinajstić information content (AvgIpc) is 2.45. The first-order chi connectivity index (χ1) is 9.47. The lowest BCUT2D eigenvalue weighted by atomic mass is 9.88. The summed E-state index contributed by atoms with van der Waals surface area (Å²) < 4.78 is 23.9. The third kappa shape index (κ3) is 3.72. The lowest BCUT2D eigenvalue weighted by Gasteiger charge is -2.38. The van der Waals surface area contributed by atoms with Gasteiger partial charge in [-0.15, -0.1) is 0 Å². The number of hydrogen-bond acceptors (Lipinski definition) is 5. The van der Waals surface area contributed by atoms with Crippen LogP contribution in [-0.4, -0.2) is 57.3 Å². The summed E-state index contributed by atoms with van der Waals surface area (Å²) in [5.74, 6) is 0. The lowest BCUT2D eigenvalue weighted by molar-refractivity contribution is -0.144. The van der Waals surface area contributed by atoms with Crippen molar-refractivity contribution in [3.05, 3.63) is 0 Å². The molecule has 0 unspecified atom stereocenters. The van der Waals surface area contributed by atoms with Crippen molar-refractivity contribution < 1.29 is 13.3 Å².